The largest absolute Gasteiger partial charge is 0.349 e. The minimum atomic E-state index is -0.298. The van der Waals surface area contributed by atoms with E-state index in [1.165, 1.54) is 0 Å². The van der Waals surface area contributed by atoms with Crippen molar-refractivity contribution in [1.82, 2.24) is 15.5 Å². The summed E-state index contributed by atoms with van der Waals surface area (Å²) in [5.41, 5.74) is 0.421. The number of carbonyl (C=O) groups is 2. The lowest BCUT2D eigenvalue weighted by molar-refractivity contribution is -0.126. The third kappa shape index (κ3) is 3.58. The van der Waals surface area contributed by atoms with Gasteiger partial charge in [-0.1, -0.05) is 26.0 Å². The second kappa shape index (κ2) is 7.09. The predicted molar refractivity (Wildman–Crippen MR) is 87.2 cm³/mol. The van der Waals surface area contributed by atoms with Crippen LogP contribution in [-0.2, 0) is 9.59 Å². The van der Waals surface area contributed by atoms with Gasteiger partial charge >= 0.3 is 0 Å². The molecule has 0 radical (unpaired) electrons. The Morgan fingerprint density at radius 1 is 1.45 bits per heavy atom. The standard InChI is InChI=1S/C17H27N3O2/c1-5-7-14(11(3)16(21)18-8-6-2)19-17(22)15-13-9-12(13)10-20(15)4/h6,12-15H,2-3,5,7-10H2,1,4H3,(H,18,21)(H,19,22)/t12-,13-,14?,15?/m0/s1. The first-order valence-electron chi connectivity index (χ1n) is 8.08. The van der Waals surface area contributed by atoms with Crippen molar-refractivity contribution in [2.24, 2.45) is 11.8 Å². The molecule has 22 heavy (non-hydrogen) atoms. The van der Waals surface area contributed by atoms with Crippen LogP contribution in [0.5, 0.6) is 0 Å². The summed E-state index contributed by atoms with van der Waals surface area (Å²) in [4.78, 5) is 26.7. The van der Waals surface area contributed by atoms with Crippen LogP contribution in [0, 0.1) is 11.8 Å². The van der Waals surface area contributed by atoms with E-state index in [1.54, 1.807) is 6.08 Å². The van der Waals surface area contributed by atoms with E-state index in [1.807, 2.05) is 14.0 Å². The average molecular weight is 305 g/mol. The van der Waals surface area contributed by atoms with Crippen LogP contribution in [0.4, 0.5) is 0 Å². The molecule has 2 rings (SSSR count). The van der Waals surface area contributed by atoms with Gasteiger partial charge in [-0.15, -0.1) is 6.58 Å². The van der Waals surface area contributed by atoms with Crippen molar-refractivity contribution in [2.45, 2.75) is 38.3 Å². The van der Waals surface area contributed by atoms with Crippen LogP contribution in [0.3, 0.4) is 0 Å². The molecule has 2 fully saturated rings. The zero-order valence-corrected chi connectivity index (χ0v) is 13.6. The molecule has 2 amide bonds. The van der Waals surface area contributed by atoms with E-state index in [9.17, 15) is 9.59 Å². The minimum Gasteiger partial charge on any atom is -0.349 e. The van der Waals surface area contributed by atoms with Crippen molar-refractivity contribution >= 4 is 11.8 Å². The smallest absolute Gasteiger partial charge is 0.248 e. The number of nitrogens with one attached hydrogen (secondary N) is 2. The number of piperidine rings is 1. The number of likely N-dealkylation sites (tertiary alicyclic amines) is 1. The van der Waals surface area contributed by atoms with Crippen molar-refractivity contribution in [1.29, 1.82) is 0 Å². The first-order valence-corrected chi connectivity index (χ1v) is 8.08. The number of amides is 2. The molecule has 4 atom stereocenters. The molecule has 5 nitrogen and oxygen atoms in total. The SMILES string of the molecule is C=CCNC(=O)C(=C)C(CCC)NC(=O)C1[C@H]2C[C@H]2CN1C. The molecule has 1 heterocycles. The monoisotopic (exact) mass is 305 g/mol. The normalized spacial score (nSPS) is 27.6. The summed E-state index contributed by atoms with van der Waals surface area (Å²) in [5, 5.41) is 5.76. The molecule has 2 N–H and O–H groups in total. The molecule has 0 spiro atoms. The van der Waals surface area contributed by atoms with Gasteiger partial charge in [0.1, 0.15) is 0 Å². The highest BCUT2D eigenvalue weighted by Crippen LogP contribution is 2.48. The number of rotatable bonds is 8. The Kier molecular flexibility index (Phi) is 5.40. The molecule has 0 aromatic heterocycles. The van der Waals surface area contributed by atoms with Gasteiger partial charge in [0.15, 0.2) is 0 Å². The van der Waals surface area contributed by atoms with Gasteiger partial charge in [0.2, 0.25) is 11.8 Å². The van der Waals surface area contributed by atoms with Gasteiger partial charge in [0.25, 0.3) is 0 Å². The zero-order chi connectivity index (χ0) is 16.3. The number of hydrogen-bond acceptors (Lipinski definition) is 3. The highest BCUT2D eigenvalue weighted by molar-refractivity contribution is 5.95. The molecule has 2 aliphatic rings. The Morgan fingerprint density at radius 3 is 2.73 bits per heavy atom. The van der Waals surface area contributed by atoms with Gasteiger partial charge in [-0.3, -0.25) is 14.5 Å². The molecule has 0 aromatic rings. The molecular weight excluding hydrogens is 278 g/mol. The van der Waals surface area contributed by atoms with Gasteiger partial charge in [0.05, 0.1) is 12.1 Å². The summed E-state index contributed by atoms with van der Waals surface area (Å²) in [5.74, 6) is 0.992. The van der Waals surface area contributed by atoms with Gasteiger partial charge in [0, 0.05) is 18.7 Å². The molecule has 5 heteroatoms. The van der Waals surface area contributed by atoms with Gasteiger partial charge in [-0.05, 0) is 31.7 Å². The fourth-order valence-corrected chi connectivity index (χ4v) is 3.39. The van der Waals surface area contributed by atoms with E-state index in [2.05, 4.69) is 28.7 Å². The Morgan fingerprint density at radius 2 is 2.18 bits per heavy atom. The summed E-state index contributed by atoms with van der Waals surface area (Å²) < 4.78 is 0. The molecule has 1 aliphatic heterocycles. The van der Waals surface area contributed by atoms with E-state index in [-0.39, 0.29) is 23.9 Å². The van der Waals surface area contributed by atoms with E-state index in [0.29, 0.717) is 24.0 Å². The first-order chi connectivity index (χ1) is 10.5. The Balaban J connectivity index is 1.95. The number of hydrogen-bond donors (Lipinski definition) is 2. The number of nitrogens with zero attached hydrogens (tertiary/aromatic N) is 1. The molecule has 1 saturated heterocycles. The lowest BCUT2D eigenvalue weighted by Crippen LogP contribution is -2.49. The van der Waals surface area contributed by atoms with Crippen LogP contribution in [0.2, 0.25) is 0 Å². The highest BCUT2D eigenvalue weighted by atomic mass is 16.2. The third-order valence-corrected chi connectivity index (χ3v) is 4.66. The Labute approximate surface area is 132 Å². The molecule has 0 aromatic carbocycles. The lowest BCUT2D eigenvalue weighted by atomic mass is 10.0. The quantitative estimate of drug-likeness (QED) is 0.521. The van der Waals surface area contributed by atoms with Crippen molar-refractivity contribution in [3.05, 3.63) is 24.8 Å². The van der Waals surface area contributed by atoms with Gasteiger partial charge < -0.3 is 10.6 Å². The van der Waals surface area contributed by atoms with Gasteiger partial charge in [-0.2, -0.15) is 0 Å². The maximum atomic E-state index is 12.6. The molecule has 2 unspecified atom stereocenters. The minimum absolute atomic E-state index is 0.0311. The van der Waals surface area contributed by atoms with E-state index in [4.69, 9.17) is 0 Å². The highest BCUT2D eigenvalue weighted by Gasteiger charge is 2.54. The van der Waals surface area contributed by atoms with Crippen LogP contribution in [0.25, 0.3) is 0 Å². The summed E-state index contributed by atoms with van der Waals surface area (Å²) in [6, 6.07) is -0.345. The van der Waals surface area contributed by atoms with Gasteiger partial charge in [-0.25, -0.2) is 0 Å². The van der Waals surface area contributed by atoms with Crippen LogP contribution < -0.4 is 10.6 Å². The summed E-state index contributed by atoms with van der Waals surface area (Å²) in [6.07, 6.45) is 4.38. The first kappa shape index (κ1) is 16.7. The molecule has 0 bridgehead atoms. The molecule has 1 aliphatic carbocycles. The zero-order valence-electron chi connectivity index (χ0n) is 13.6. The van der Waals surface area contributed by atoms with Crippen molar-refractivity contribution in [3.8, 4) is 0 Å². The Bertz CT molecular complexity index is 473. The predicted octanol–water partition coefficient (Wildman–Crippen LogP) is 1.08. The van der Waals surface area contributed by atoms with Crippen LogP contribution >= 0.6 is 0 Å². The lowest BCUT2D eigenvalue weighted by Gasteiger charge is -2.26. The number of likely N-dealkylation sites (N-methyl/N-ethyl adjacent to an activating group) is 1. The summed E-state index contributed by atoms with van der Waals surface area (Å²) in [7, 11) is 2.00. The van der Waals surface area contributed by atoms with Crippen LogP contribution in [-0.4, -0.2) is 48.9 Å². The second-order valence-corrected chi connectivity index (χ2v) is 6.42. The average Bonchev–Trinajstić information content (AvgIpc) is 3.14. The fraction of sp³-hybridized carbons (Fsp3) is 0.647. The van der Waals surface area contributed by atoms with Crippen molar-refractivity contribution in [3.63, 3.8) is 0 Å². The maximum absolute atomic E-state index is 12.6. The summed E-state index contributed by atoms with van der Waals surface area (Å²) in [6.45, 7) is 10.9. The fourth-order valence-electron chi connectivity index (χ4n) is 3.39. The number of carbonyl (C=O) groups excluding carboxylic acids is 2. The van der Waals surface area contributed by atoms with E-state index < -0.39 is 0 Å². The third-order valence-electron chi connectivity index (χ3n) is 4.66. The van der Waals surface area contributed by atoms with Crippen molar-refractivity contribution in [2.75, 3.05) is 20.1 Å². The number of fused-ring (bicyclic) bond motifs is 1. The molecular formula is C17H27N3O2. The van der Waals surface area contributed by atoms with Crippen LogP contribution in [0.1, 0.15) is 26.2 Å². The van der Waals surface area contributed by atoms with E-state index >= 15 is 0 Å². The Hall–Kier alpha value is -1.62. The molecule has 1 saturated carbocycles. The maximum Gasteiger partial charge on any atom is 0.248 e. The topological polar surface area (TPSA) is 61.4 Å². The van der Waals surface area contributed by atoms with E-state index in [0.717, 1.165) is 25.8 Å². The van der Waals surface area contributed by atoms with Crippen molar-refractivity contribution < 1.29 is 9.59 Å². The second-order valence-electron chi connectivity index (χ2n) is 6.42. The van der Waals surface area contributed by atoms with Crippen LogP contribution in [0.15, 0.2) is 24.8 Å². The molecule has 122 valence electrons. The summed E-state index contributed by atoms with van der Waals surface area (Å²) >= 11 is 0.